The molecule has 1 aliphatic rings. The SMILES string of the molecule is CC1CC1Nc1ncnc2cc(N)ccc12. The smallest absolute Gasteiger partial charge is 0.137 e. The summed E-state index contributed by atoms with van der Waals surface area (Å²) in [5.74, 6) is 1.66. The Balaban J connectivity index is 2.03. The molecule has 1 heterocycles. The fraction of sp³-hybridized carbons (Fsp3) is 0.333. The van der Waals surface area contributed by atoms with Crippen molar-refractivity contribution in [2.24, 2.45) is 5.92 Å². The molecule has 1 aliphatic carbocycles. The molecule has 1 aromatic heterocycles. The van der Waals surface area contributed by atoms with Gasteiger partial charge in [0.1, 0.15) is 12.1 Å². The second-order valence-electron chi connectivity index (χ2n) is 4.46. The van der Waals surface area contributed by atoms with Gasteiger partial charge in [0.2, 0.25) is 0 Å². The fourth-order valence-corrected chi connectivity index (χ4v) is 1.89. The van der Waals surface area contributed by atoms with Crippen LogP contribution in [0.3, 0.4) is 0 Å². The number of fused-ring (bicyclic) bond motifs is 1. The van der Waals surface area contributed by atoms with Gasteiger partial charge in [-0.1, -0.05) is 6.92 Å². The molecule has 1 aromatic carbocycles. The minimum atomic E-state index is 0.565. The molecule has 2 unspecified atom stereocenters. The molecular weight excluding hydrogens is 200 g/mol. The third-order valence-corrected chi connectivity index (χ3v) is 3.09. The average Bonchev–Trinajstić information content (AvgIpc) is 2.94. The Labute approximate surface area is 93.9 Å². The number of hydrogen-bond donors (Lipinski definition) is 2. The largest absolute Gasteiger partial charge is 0.399 e. The molecule has 0 amide bonds. The average molecular weight is 214 g/mol. The minimum absolute atomic E-state index is 0.565. The number of benzene rings is 1. The maximum absolute atomic E-state index is 5.73. The van der Waals surface area contributed by atoms with Gasteiger partial charge in [0.25, 0.3) is 0 Å². The monoisotopic (exact) mass is 214 g/mol. The maximum atomic E-state index is 5.73. The first-order chi connectivity index (χ1) is 7.74. The van der Waals surface area contributed by atoms with Crippen LogP contribution >= 0.6 is 0 Å². The summed E-state index contributed by atoms with van der Waals surface area (Å²) in [6, 6.07) is 6.29. The highest BCUT2D eigenvalue weighted by Crippen LogP contribution is 2.33. The summed E-state index contributed by atoms with van der Waals surface area (Å²) >= 11 is 0. The van der Waals surface area contributed by atoms with Crippen LogP contribution in [0.1, 0.15) is 13.3 Å². The Kier molecular flexibility index (Phi) is 1.96. The van der Waals surface area contributed by atoms with E-state index in [-0.39, 0.29) is 0 Å². The van der Waals surface area contributed by atoms with Gasteiger partial charge in [-0.15, -0.1) is 0 Å². The second kappa shape index (κ2) is 3.33. The molecule has 4 heteroatoms. The summed E-state index contributed by atoms with van der Waals surface area (Å²) in [4.78, 5) is 8.51. The Hall–Kier alpha value is -1.84. The molecule has 2 atom stereocenters. The van der Waals surface area contributed by atoms with E-state index in [1.807, 2.05) is 18.2 Å². The van der Waals surface area contributed by atoms with E-state index in [2.05, 4.69) is 22.2 Å². The molecule has 2 aromatic rings. The fourth-order valence-electron chi connectivity index (χ4n) is 1.89. The van der Waals surface area contributed by atoms with Gasteiger partial charge in [-0.25, -0.2) is 9.97 Å². The molecule has 1 saturated carbocycles. The number of nitrogens with one attached hydrogen (secondary N) is 1. The molecule has 1 fully saturated rings. The highest BCUT2D eigenvalue weighted by Gasteiger charge is 2.32. The van der Waals surface area contributed by atoms with Gasteiger partial charge < -0.3 is 11.1 Å². The molecule has 0 aliphatic heterocycles. The van der Waals surface area contributed by atoms with Crippen molar-refractivity contribution < 1.29 is 0 Å². The van der Waals surface area contributed by atoms with Crippen LogP contribution in [-0.4, -0.2) is 16.0 Å². The molecule has 0 radical (unpaired) electrons. The van der Waals surface area contributed by atoms with E-state index < -0.39 is 0 Å². The number of rotatable bonds is 2. The number of nitrogens with zero attached hydrogens (tertiary/aromatic N) is 2. The van der Waals surface area contributed by atoms with Crippen LogP contribution in [0, 0.1) is 5.92 Å². The molecule has 3 N–H and O–H groups in total. The molecule has 0 bridgehead atoms. The van der Waals surface area contributed by atoms with E-state index in [4.69, 9.17) is 5.73 Å². The zero-order valence-electron chi connectivity index (χ0n) is 9.14. The molecular formula is C12H14N4. The Morgan fingerprint density at radius 3 is 2.94 bits per heavy atom. The van der Waals surface area contributed by atoms with E-state index >= 15 is 0 Å². The van der Waals surface area contributed by atoms with Crippen molar-refractivity contribution in [1.82, 2.24) is 9.97 Å². The number of nitrogens with two attached hydrogens (primary N) is 1. The van der Waals surface area contributed by atoms with Crippen LogP contribution in [-0.2, 0) is 0 Å². The van der Waals surface area contributed by atoms with Crippen molar-refractivity contribution in [2.75, 3.05) is 11.1 Å². The van der Waals surface area contributed by atoms with E-state index in [1.165, 1.54) is 6.42 Å². The molecule has 3 rings (SSSR count). The van der Waals surface area contributed by atoms with Crippen LogP contribution < -0.4 is 11.1 Å². The first-order valence-electron chi connectivity index (χ1n) is 5.51. The van der Waals surface area contributed by atoms with Gasteiger partial charge in [0.15, 0.2) is 0 Å². The van der Waals surface area contributed by atoms with Gasteiger partial charge in [-0.2, -0.15) is 0 Å². The van der Waals surface area contributed by atoms with Crippen LogP contribution in [0.25, 0.3) is 10.9 Å². The van der Waals surface area contributed by atoms with Gasteiger partial charge in [-0.05, 0) is 30.5 Å². The number of anilines is 2. The zero-order valence-corrected chi connectivity index (χ0v) is 9.14. The second-order valence-corrected chi connectivity index (χ2v) is 4.46. The molecule has 16 heavy (non-hydrogen) atoms. The molecule has 82 valence electrons. The Morgan fingerprint density at radius 2 is 2.19 bits per heavy atom. The number of nitrogen functional groups attached to an aromatic ring is 1. The van der Waals surface area contributed by atoms with Crippen molar-refractivity contribution in [2.45, 2.75) is 19.4 Å². The normalized spacial score (nSPS) is 23.3. The van der Waals surface area contributed by atoms with E-state index in [0.29, 0.717) is 6.04 Å². The van der Waals surface area contributed by atoms with E-state index in [0.717, 1.165) is 28.3 Å². The predicted octanol–water partition coefficient (Wildman–Crippen LogP) is 2.03. The van der Waals surface area contributed by atoms with Crippen LogP contribution in [0.15, 0.2) is 24.5 Å². The maximum Gasteiger partial charge on any atom is 0.137 e. The lowest BCUT2D eigenvalue weighted by Gasteiger charge is -2.07. The molecule has 0 saturated heterocycles. The Bertz CT molecular complexity index is 538. The highest BCUT2D eigenvalue weighted by molar-refractivity contribution is 5.90. The van der Waals surface area contributed by atoms with Crippen molar-refractivity contribution >= 4 is 22.4 Å². The standard InChI is InChI=1S/C12H14N4/c1-7-4-10(7)16-12-9-3-2-8(13)5-11(9)14-6-15-12/h2-3,5-7,10H,4,13H2,1H3,(H,14,15,16). The summed E-state index contributed by atoms with van der Waals surface area (Å²) in [5.41, 5.74) is 7.36. The molecule has 4 nitrogen and oxygen atoms in total. The van der Waals surface area contributed by atoms with E-state index in [9.17, 15) is 0 Å². The first-order valence-corrected chi connectivity index (χ1v) is 5.51. The summed E-state index contributed by atoms with van der Waals surface area (Å²) < 4.78 is 0. The van der Waals surface area contributed by atoms with Crippen molar-refractivity contribution in [3.8, 4) is 0 Å². The first kappa shape index (κ1) is 9.39. The summed E-state index contributed by atoms with van der Waals surface area (Å²) in [6.45, 7) is 2.24. The Morgan fingerprint density at radius 1 is 1.38 bits per heavy atom. The number of hydrogen-bond acceptors (Lipinski definition) is 4. The predicted molar refractivity (Wildman–Crippen MR) is 65.1 cm³/mol. The summed E-state index contributed by atoms with van der Waals surface area (Å²) in [5, 5.41) is 4.47. The van der Waals surface area contributed by atoms with Crippen LogP contribution in [0.2, 0.25) is 0 Å². The minimum Gasteiger partial charge on any atom is -0.399 e. The van der Waals surface area contributed by atoms with Gasteiger partial charge in [-0.3, -0.25) is 0 Å². The lowest BCUT2D eigenvalue weighted by atomic mass is 10.2. The van der Waals surface area contributed by atoms with Gasteiger partial charge in [0.05, 0.1) is 5.52 Å². The van der Waals surface area contributed by atoms with Crippen molar-refractivity contribution in [3.05, 3.63) is 24.5 Å². The lowest BCUT2D eigenvalue weighted by Crippen LogP contribution is -2.06. The third-order valence-electron chi connectivity index (χ3n) is 3.09. The van der Waals surface area contributed by atoms with E-state index in [1.54, 1.807) is 6.33 Å². The van der Waals surface area contributed by atoms with Crippen molar-refractivity contribution in [1.29, 1.82) is 0 Å². The molecule has 0 spiro atoms. The quantitative estimate of drug-likeness (QED) is 0.751. The third kappa shape index (κ3) is 1.56. The van der Waals surface area contributed by atoms with Gasteiger partial charge >= 0.3 is 0 Å². The lowest BCUT2D eigenvalue weighted by molar-refractivity contribution is 0.924. The zero-order chi connectivity index (χ0) is 11.1. The summed E-state index contributed by atoms with van der Waals surface area (Å²) in [7, 11) is 0. The number of aromatic nitrogens is 2. The van der Waals surface area contributed by atoms with Crippen molar-refractivity contribution in [3.63, 3.8) is 0 Å². The highest BCUT2D eigenvalue weighted by atomic mass is 15.1. The van der Waals surface area contributed by atoms with Crippen LogP contribution in [0.4, 0.5) is 11.5 Å². The summed E-state index contributed by atoms with van der Waals surface area (Å²) in [6.07, 6.45) is 2.80. The topological polar surface area (TPSA) is 63.8 Å². The van der Waals surface area contributed by atoms with Gasteiger partial charge in [0, 0.05) is 17.1 Å². The van der Waals surface area contributed by atoms with Crippen LogP contribution in [0.5, 0.6) is 0 Å².